The maximum atomic E-state index is 4.23. The molecule has 1 aliphatic heterocycles. The van der Waals surface area contributed by atoms with Crippen LogP contribution in [0.5, 0.6) is 0 Å². The predicted octanol–water partition coefficient (Wildman–Crippen LogP) is 3.16. The highest BCUT2D eigenvalue weighted by molar-refractivity contribution is 9.11. The van der Waals surface area contributed by atoms with Gasteiger partial charge in [0.05, 0.1) is 10.3 Å². The van der Waals surface area contributed by atoms with Crippen LogP contribution in [0, 0.1) is 0 Å². The Morgan fingerprint density at radius 2 is 2.37 bits per heavy atom. The fourth-order valence-corrected chi connectivity index (χ4v) is 3.88. The van der Waals surface area contributed by atoms with Crippen molar-refractivity contribution in [3.63, 3.8) is 0 Å². The molecule has 0 radical (unpaired) electrons. The molecule has 19 heavy (non-hydrogen) atoms. The number of piperidine rings is 1. The highest BCUT2D eigenvalue weighted by Crippen LogP contribution is 2.25. The van der Waals surface area contributed by atoms with Gasteiger partial charge in [0.25, 0.3) is 0 Å². The standard InChI is InChI=1S/C13H17BrN4S/c14-13-5-11(8-19-13)6-17-4-2-1-3-12(17)7-18-10-15-9-16-18/h5,8-10,12H,1-4,6-7H2/t12-/m1/s1. The summed E-state index contributed by atoms with van der Waals surface area (Å²) in [4.78, 5) is 6.61. The first-order chi connectivity index (χ1) is 9.31. The van der Waals surface area contributed by atoms with Gasteiger partial charge in [-0.1, -0.05) is 6.42 Å². The number of nitrogens with zero attached hydrogens (tertiary/aromatic N) is 4. The van der Waals surface area contributed by atoms with Crippen LogP contribution in [0.2, 0.25) is 0 Å². The number of likely N-dealkylation sites (tertiary alicyclic amines) is 1. The van der Waals surface area contributed by atoms with Gasteiger partial charge in [0, 0.05) is 12.6 Å². The Hall–Kier alpha value is -0.720. The van der Waals surface area contributed by atoms with Gasteiger partial charge in [-0.25, -0.2) is 4.98 Å². The van der Waals surface area contributed by atoms with E-state index >= 15 is 0 Å². The Morgan fingerprint density at radius 3 is 3.11 bits per heavy atom. The fourth-order valence-electron chi connectivity index (χ4n) is 2.68. The van der Waals surface area contributed by atoms with Crippen molar-refractivity contribution in [1.29, 1.82) is 0 Å². The van der Waals surface area contributed by atoms with Crippen LogP contribution in [0.25, 0.3) is 0 Å². The van der Waals surface area contributed by atoms with Crippen molar-refractivity contribution in [3.05, 3.63) is 33.5 Å². The van der Waals surface area contributed by atoms with Gasteiger partial charge in [0.15, 0.2) is 0 Å². The van der Waals surface area contributed by atoms with Crippen molar-refractivity contribution in [2.75, 3.05) is 6.54 Å². The molecule has 1 saturated heterocycles. The van der Waals surface area contributed by atoms with Gasteiger partial charge in [-0.15, -0.1) is 11.3 Å². The monoisotopic (exact) mass is 340 g/mol. The minimum atomic E-state index is 0.578. The van der Waals surface area contributed by atoms with Crippen molar-refractivity contribution < 1.29 is 0 Å². The summed E-state index contributed by atoms with van der Waals surface area (Å²) in [5.74, 6) is 0. The lowest BCUT2D eigenvalue weighted by Gasteiger charge is -2.35. The van der Waals surface area contributed by atoms with E-state index in [9.17, 15) is 0 Å². The van der Waals surface area contributed by atoms with E-state index in [-0.39, 0.29) is 0 Å². The number of hydrogen-bond acceptors (Lipinski definition) is 4. The zero-order chi connectivity index (χ0) is 13.1. The maximum Gasteiger partial charge on any atom is 0.137 e. The van der Waals surface area contributed by atoms with Crippen molar-refractivity contribution in [3.8, 4) is 0 Å². The van der Waals surface area contributed by atoms with E-state index in [1.807, 2.05) is 11.0 Å². The van der Waals surface area contributed by atoms with Crippen molar-refractivity contribution in [1.82, 2.24) is 19.7 Å². The van der Waals surface area contributed by atoms with E-state index in [0.29, 0.717) is 6.04 Å². The second-order valence-electron chi connectivity index (χ2n) is 5.00. The first kappa shape index (κ1) is 13.3. The number of hydrogen-bond donors (Lipinski definition) is 0. The lowest BCUT2D eigenvalue weighted by molar-refractivity contribution is 0.122. The number of halogens is 1. The van der Waals surface area contributed by atoms with Crippen molar-refractivity contribution in [2.45, 2.75) is 38.4 Å². The van der Waals surface area contributed by atoms with E-state index in [1.54, 1.807) is 17.7 Å². The first-order valence-electron chi connectivity index (χ1n) is 6.60. The van der Waals surface area contributed by atoms with E-state index in [1.165, 1.54) is 35.2 Å². The molecule has 0 bridgehead atoms. The molecule has 0 unspecified atom stereocenters. The summed E-state index contributed by atoms with van der Waals surface area (Å²) in [7, 11) is 0. The topological polar surface area (TPSA) is 34.0 Å². The molecule has 0 aliphatic carbocycles. The van der Waals surface area contributed by atoms with E-state index in [4.69, 9.17) is 0 Å². The van der Waals surface area contributed by atoms with E-state index in [0.717, 1.165) is 13.1 Å². The molecule has 1 aliphatic rings. The summed E-state index contributed by atoms with van der Waals surface area (Å²) >= 11 is 5.30. The van der Waals surface area contributed by atoms with Gasteiger partial charge in [-0.05, 0) is 52.3 Å². The van der Waals surface area contributed by atoms with Crippen LogP contribution in [0.1, 0.15) is 24.8 Å². The average Bonchev–Trinajstić information content (AvgIpc) is 3.04. The Labute approximate surface area is 125 Å². The molecule has 3 rings (SSSR count). The molecule has 2 aromatic heterocycles. The normalized spacial score (nSPS) is 20.8. The number of aromatic nitrogens is 3. The molecule has 6 heteroatoms. The summed E-state index contributed by atoms with van der Waals surface area (Å²) in [6, 6.07) is 2.81. The van der Waals surface area contributed by atoms with Gasteiger partial charge in [-0.2, -0.15) is 5.10 Å². The summed E-state index contributed by atoms with van der Waals surface area (Å²) in [5, 5.41) is 6.47. The molecule has 4 nitrogen and oxygen atoms in total. The smallest absolute Gasteiger partial charge is 0.137 e. The molecule has 0 amide bonds. The third kappa shape index (κ3) is 3.43. The molecule has 102 valence electrons. The lowest BCUT2D eigenvalue weighted by atomic mass is 10.0. The van der Waals surface area contributed by atoms with Gasteiger partial charge < -0.3 is 0 Å². The minimum absolute atomic E-state index is 0.578. The Balaban J connectivity index is 1.66. The summed E-state index contributed by atoms with van der Waals surface area (Å²) < 4.78 is 3.17. The van der Waals surface area contributed by atoms with Crippen LogP contribution in [-0.2, 0) is 13.1 Å². The SMILES string of the molecule is Brc1cc(CN2CCCC[C@@H]2Cn2cncn2)cs1. The van der Waals surface area contributed by atoms with Crippen LogP contribution < -0.4 is 0 Å². The largest absolute Gasteiger partial charge is 0.294 e. The minimum Gasteiger partial charge on any atom is -0.294 e. The molecule has 2 aromatic rings. The van der Waals surface area contributed by atoms with E-state index < -0.39 is 0 Å². The zero-order valence-electron chi connectivity index (χ0n) is 10.7. The maximum absolute atomic E-state index is 4.23. The van der Waals surface area contributed by atoms with Crippen LogP contribution in [0.3, 0.4) is 0 Å². The molecule has 0 saturated carbocycles. The van der Waals surface area contributed by atoms with Crippen LogP contribution >= 0.6 is 27.3 Å². The number of rotatable bonds is 4. The lowest BCUT2D eigenvalue weighted by Crippen LogP contribution is -2.41. The van der Waals surface area contributed by atoms with E-state index in [2.05, 4.69) is 42.4 Å². The Morgan fingerprint density at radius 1 is 1.42 bits per heavy atom. The molecule has 1 fully saturated rings. The molecule has 1 atom stereocenters. The highest BCUT2D eigenvalue weighted by Gasteiger charge is 2.23. The first-order valence-corrected chi connectivity index (χ1v) is 8.28. The summed E-state index contributed by atoms with van der Waals surface area (Å²) in [6.07, 6.45) is 7.31. The van der Waals surface area contributed by atoms with Crippen molar-refractivity contribution in [2.24, 2.45) is 0 Å². The molecule has 3 heterocycles. The average molecular weight is 341 g/mol. The number of thiophene rings is 1. The molecular weight excluding hydrogens is 324 g/mol. The Kier molecular flexibility index (Phi) is 4.30. The second-order valence-corrected chi connectivity index (χ2v) is 7.29. The highest BCUT2D eigenvalue weighted by atomic mass is 79.9. The summed E-state index contributed by atoms with van der Waals surface area (Å²) in [5.41, 5.74) is 1.40. The molecular formula is C13H17BrN4S. The Bertz CT molecular complexity index is 510. The fraction of sp³-hybridized carbons (Fsp3) is 0.538. The quantitative estimate of drug-likeness (QED) is 0.857. The zero-order valence-corrected chi connectivity index (χ0v) is 13.1. The predicted molar refractivity (Wildman–Crippen MR) is 80.1 cm³/mol. The van der Waals surface area contributed by atoms with Crippen LogP contribution in [0.4, 0.5) is 0 Å². The van der Waals surface area contributed by atoms with Gasteiger partial charge in [0.2, 0.25) is 0 Å². The van der Waals surface area contributed by atoms with Crippen LogP contribution in [0.15, 0.2) is 27.9 Å². The second kappa shape index (κ2) is 6.15. The van der Waals surface area contributed by atoms with Crippen molar-refractivity contribution >= 4 is 27.3 Å². The molecule has 0 N–H and O–H groups in total. The van der Waals surface area contributed by atoms with Gasteiger partial charge in [-0.3, -0.25) is 9.58 Å². The third-order valence-electron chi connectivity index (χ3n) is 3.62. The molecule has 0 spiro atoms. The summed E-state index contributed by atoms with van der Waals surface area (Å²) in [6.45, 7) is 3.18. The molecule has 0 aromatic carbocycles. The third-order valence-corrected chi connectivity index (χ3v) is 5.17. The van der Waals surface area contributed by atoms with Gasteiger partial charge >= 0.3 is 0 Å². The van der Waals surface area contributed by atoms with Gasteiger partial charge in [0.1, 0.15) is 12.7 Å². The van der Waals surface area contributed by atoms with Crippen LogP contribution in [-0.4, -0.2) is 32.3 Å².